The summed E-state index contributed by atoms with van der Waals surface area (Å²) in [5.74, 6) is 0.662. The van der Waals surface area contributed by atoms with Crippen molar-refractivity contribution in [2.45, 2.75) is 25.7 Å². The van der Waals surface area contributed by atoms with Crippen LogP contribution in [0.2, 0.25) is 0 Å². The van der Waals surface area contributed by atoms with Gasteiger partial charge in [0.25, 0.3) is 5.56 Å². The highest BCUT2D eigenvalue weighted by molar-refractivity contribution is 7.18. The number of morpholine rings is 1. The van der Waals surface area contributed by atoms with E-state index >= 15 is 0 Å². The van der Waals surface area contributed by atoms with Crippen LogP contribution in [0.1, 0.15) is 23.3 Å². The molecule has 1 aliphatic heterocycles. The number of hydrogen-bond donors (Lipinski definition) is 1. The molecule has 0 bridgehead atoms. The number of hydrogen-bond acceptors (Lipinski definition) is 5. The Bertz CT molecular complexity index is 1000. The van der Waals surface area contributed by atoms with Crippen molar-refractivity contribution in [3.8, 4) is 11.4 Å². The lowest BCUT2D eigenvalue weighted by molar-refractivity contribution is 0.122. The summed E-state index contributed by atoms with van der Waals surface area (Å²) in [5.41, 5.74) is 3.38. The van der Waals surface area contributed by atoms with E-state index in [-0.39, 0.29) is 5.56 Å². The van der Waals surface area contributed by atoms with Gasteiger partial charge >= 0.3 is 0 Å². The van der Waals surface area contributed by atoms with Crippen LogP contribution in [0.4, 0.5) is 5.69 Å². The summed E-state index contributed by atoms with van der Waals surface area (Å²) in [7, 11) is 0. The molecular formula is C20H21N3O2S. The zero-order valence-corrected chi connectivity index (χ0v) is 15.4. The molecule has 3 heterocycles. The van der Waals surface area contributed by atoms with E-state index in [4.69, 9.17) is 9.72 Å². The first kappa shape index (κ1) is 16.0. The topological polar surface area (TPSA) is 58.2 Å². The standard InChI is InChI=1S/C20H21N3O2S/c24-19-17-15-3-1-2-4-16(15)26-20(17)22-18(21-19)13-5-7-14(8-6-13)23-9-11-25-12-10-23/h5-8H,1-4,9-12H2,(H,21,22,24). The molecule has 0 radical (unpaired) electrons. The van der Waals surface area contributed by atoms with Crippen LogP contribution < -0.4 is 10.5 Å². The second-order valence-electron chi connectivity index (χ2n) is 6.95. The van der Waals surface area contributed by atoms with Gasteiger partial charge in [-0.05, 0) is 55.5 Å². The van der Waals surface area contributed by atoms with Gasteiger partial charge in [0, 0.05) is 29.2 Å². The fourth-order valence-corrected chi connectivity index (χ4v) is 5.21. The van der Waals surface area contributed by atoms with Crippen LogP contribution in [-0.2, 0) is 17.6 Å². The molecule has 2 aromatic heterocycles. The van der Waals surface area contributed by atoms with Gasteiger partial charge in [-0.2, -0.15) is 0 Å². The number of nitrogens with zero attached hydrogens (tertiary/aromatic N) is 2. The van der Waals surface area contributed by atoms with Crippen molar-refractivity contribution in [1.82, 2.24) is 9.97 Å². The summed E-state index contributed by atoms with van der Waals surface area (Å²) in [6.45, 7) is 3.38. The van der Waals surface area contributed by atoms with Gasteiger partial charge in [-0.1, -0.05) is 0 Å². The smallest absolute Gasteiger partial charge is 0.260 e. The normalized spacial score (nSPS) is 17.5. The van der Waals surface area contributed by atoms with E-state index in [0.717, 1.165) is 54.9 Å². The number of benzene rings is 1. The van der Waals surface area contributed by atoms with Gasteiger partial charge in [0.05, 0.1) is 18.6 Å². The van der Waals surface area contributed by atoms with Crippen molar-refractivity contribution in [3.05, 3.63) is 45.1 Å². The number of aryl methyl sites for hydroxylation is 2. The summed E-state index contributed by atoms with van der Waals surface area (Å²) in [6.07, 6.45) is 4.48. The first-order valence-electron chi connectivity index (χ1n) is 9.27. The molecule has 1 N–H and O–H groups in total. The minimum Gasteiger partial charge on any atom is -0.378 e. The highest BCUT2D eigenvalue weighted by Crippen LogP contribution is 2.34. The number of aromatic nitrogens is 2. The van der Waals surface area contributed by atoms with E-state index < -0.39 is 0 Å². The third-order valence-corrected chi connectivity index (χ3v) is 6.53. The van der Waals surface area contributed by atoms with Gasteiger partial charge in [-0.3, -0.25) is 4.79 Å². The molecule has 6 heteroatoms. The number of anilines is 1. The Morgan fingerprint density at radius 3 is 2.65 bits per heavy atom. The minimum absolute atomic E-state index is 0.00153. The zero-order chi connectivity index (χ0) is 17.5. The van der Waals surface area contributed by atoms with Crippen molar-refractivity contribution >= 4 is 27.2 Å². The summed E-state index contributed by atoms with van der Waals surface area (Å²) in [4.78, 5) is 25.1. The molecule has 0 unspecified atom stereocenters. The minimum atomic E-state index is 0.00153. The SMILES string of the molecule is O=c1[nH]c(-c2ccc(N3CCOCC3)cc2)nc2sc3c(c12)CCCC3. The molecule has 3 aromatic rings. The highest BCUT2D eigenvalue weighted by atomic mass is 32.1. The highest BCUT2D eigenvalue weighted by Gasteiger charge is 2.20. The molecule has 0 spiro atoms. The third-order valence-electron chi connectivity index (χ3n) is 5.34. The first-order chi connectivity index (χ1) is 12.8. The molecular weight excluding hydrogens is 346 g/mol. The Morgan fingerprint density at radius 1 is 1.08 bits per heavy atom. The second-order valence-corrected chi connectivity index (χ2v) is 8.04. The zero-order valence-electron chi connectivity index (χ0n) is 14.6. The maximum Gasteiger partial charge on any atom is 0.260 e. The first-order valence-corrected chi connectivity index (χ1v) is 10.1. The average molecular weight is 367 g/mol. The number of thiophene rings is 1. The molecule has 0 amide bonds. The fourth-order valence-electron chi connectivity index (χ4n) is 3.95. The Labute approximate surface area is 155 Å². The lowest BCUT2D eigenvalue weighted by Crippen LogP contribution is -2.36. The molecule has 2 aliphatic rings. The lowest BCUT2D eigenvalue weighted by atomic mass is 9.97. The average Bonchev–Trinajstić information content (AvgIpc) is 3.08. The van der Waals surface area contributed by atoms with E-state index in [1.807, 2.05) is 12.1 Å². The summed E-state index contributed by atoms with van der Waals surface area (Å²) < 4.78 is 5.41. The molecule has 1 aliphatic carbocycles. The maximum atomic E-state index is 12.7. The predicted molar refractivity (Wildman–Crippen MR) is 105 cm³/mol. The third kappa shape index (κ3) is 2.73. The monoisotopic (exact) mass is 367 g/mol. The van der Waals surface area contributed by atoms with Crippen LogP contribution in [0.15, 0.2) is 29.1 Å². The molecule has 1 aromatic carbocycles. The maximum absolute atomic E-state index is 12.7. The molecule has 5 rings (SSSR count). The van der Waals surface area contributed by atoms with Crippen molar-refractivity contribution in [3.63, 3.8) is 0 Å². The van der Waals surface area contributed by atoms with E-state index in [1.165, 1.54) is 29.0 Å². The molecule has 26 heavy (non-hydrogen) atoms. The molecule has 134 valence electrons. The van der Waals surface area contributed by atoms with Crippen LogP contribution in [0.5, 0.6) is 0 Å². The molecule has 0 saturated carbocycles. The van der Waals surface area contributed by atoms with Gasteiger partial charge < -0.3 is 14.6 Å². The van der Waals surface area contributed by atoms with Crippen LogP contribution in [-0.4, -0.2) is 36.3 Å². The summed E-state index contributed by atoms with van der Waals surface area (Å²) in [6, 6.07) is 8.29. The predicted octanol–water partition coefficient (Wildman–Crippen LogP) is 3.37. The largest absolute Gasteiger partial charge is 0.378 e. The van der Waals surface area contributed by atoms with Gasteiger partial charge in [-0.25, -0.2) is 4.98 Å². The summed E-state index contributed by atoms with van der Waals surface area (Å²) >= 11 is 1.70. The number of aromatic amines is 1. The number of nitrogens with one attached hydrogen (secondary N) is 1. The van der Waals surface area contributed by atoms with E-state index in [1.54, 1.807) is 11.3 Å². The van der Waals surface area contributed by atoms with Crippen molar-refractivity contribution in [2.24, 2.45) is 0 Å². The van der Waals surface area contributed by atoms with Crippen LogP contribution in [0.3, 0.4) is 0 Å². The molecule has 1 fully saturated rings. The van der Waals surface area contributed by atoms with Crippen LogP contribution in [0, 0.1) is 0 Å². The number of rotatable bonds is 2. The number of fused-ring (bicyclic) bond motifs is 3. The van der Waals surface area contributed by atoms with Gasteiger partial charge in [0.1, 0.15) is 10.7 Å². The fraction of sp³-hybridized carbons (Fsp3) is 0.400. The Balaban J connectivity index is 1.51. The van der Waals surface area contributed by atoms with Crippen LogP contribution in [0.25, 0.3) is 21.6 Å². The quantitative estimate of drug-likeness (QED) is 0.754. The van der Waals surface area contributed by atoms with Gasteiger partial charge in [0.2, 0.25) is 0 Å². The molecule has 0 atom stereocenters. The number of H-pyrrole nitrogens is 1. The Kier molecular flexibility index (Phi) is 4.02. The van der Waals surface area contributed by atoms with E-state index in [0.29, 0.717) is 5.82 Å². The molecule has 5 nitrogen and oxygen atoms in total. The lowest BCUT2D eigenvalue weighted by Gasteiger charge is -2.28. The van der Waals surface area contributed by atoms with Crippen LogP contribution >= 0.6 is 11.3 Å². The van der Waals surface area contributed by atoms with Crippen molar-refractivity contribution in [2.75, 3.05) is 31.2 Å². The van der Waals surface area contributed by atoms with E-state index in [9.17, 15) is 4.79 Å². The summed E-state index contributed by atoms with van der Waals surface area (Å²) in [5, 5.41) is 0.818. The van der Waals surface area contributed by atoms with Gasteiger partial charge in [0.15, 0.2) is 0 Å². The van der Waals surface area contributed by atoms with Gasteiger partial charge in [-0.15, -0.1) is 11.3 Å². The Morgan fingerprint density at radius 2 is 1.85 bits per heavy atom. The van der Waals surface area contributed by atoms with E-state index in [2.05, 4.69) is 22.0 Å². The molecule has 1 saturated heterocycles. The number of ether oxygens (including phenoxy) is 1. The van der Waals surface area contributed by atoms with Crippen molar-refractivity contribution in [1.29, 1.82) is 0 Å². The second kappa shape index (κ2) is 6.52. The van der Waals surface area contributed by atoms with Crippen molar-refractivity contribution < 1.29 is 4.74 Å². The Hall–Kier alpha value is -2.18.